The molecule has 164 valence electrons. The van der Waals surface area contributed by atoms with Gasteiger partial charge in [-0.05, 0) is 67.2 Å². The van der Waals surface area contributed by atoms with Crippen LogP contribution in [0, 0.1) is 0 Å². The Morgan fingerprint density at radius 3 is 2.11 bits per heavy atom. The molecule has 0 amide bonds. The van der Waals surface area contributed by atoms with Gasteiger partial charge in [0, 0.05) is 16.8 Å². The lowest BCUT2D eigenvalue weighted by Crippen LogP contribution is -2.54. The van der Waals surface area contributed by atoms with E-state index in [0.717, 1.165) is 5.69 Å². The molecule has 0 saturated carbocycles. The maximum Gasteiger partial charge on any atom is 0.248 e. The van der Waals surface area contributed by atoms with E-state index in [-0.39, 0.29) is 6.71 Å². The number of para-hydroxylation sites is 1. The minimum Gasteiger partial charge on any atom is -0.311 e. The maximum absolute atomic E-state index is 8.78. The Morgan fingerprint density at radius 2 is 1.22 bits per heavy atom. The fraction of sp³-hybridized carbons (Fsp3) is 0. The molecule has 0 fully saturated rings. The zero-order chi connectivity index (χ0) is 24.2. The van der Waals surface area contributed by atoms with Gasteiger partial charge in [0.15, 0.2) is 0 Å². The first-order valence-electron chi connectivity index (χ1n) is 13.1. The van der Waals surface area contributed by atoms with Crippen molar-refractivity contribution in [3.63, 3.8) is 0 Å². The lowest BCUT2D eigenvalue weighted by Gasteiger charge is -2.36. The molecule has 0 bridgehead atoms. The molecule has 0 saturated heterocycles. The minimum absolute atomic E-state index is 0.189. The summed E-state index contributed by atoms with van der Waals surface area (Å²) in [4.78, 5) is 2.42. The van der Waals surface area contributed by atoms with E-state index in [1.807, 2.05) is 6.07 Å². The molecule has 7 aromatic rings. The summed E-state index contributed by atoms with van der Waals surface area (Å²) in [7, 11) is 0. The van der Waals surface area contributed by atoms with E-state index in [1.165, 1.54) is 71.2 Å². The van der Waals surface area contributed by atoms with Gasteiger partial charge in [-0.3, -0.25) is 0 Å². The van der Waals surface area contributed by atoms with Gasteiger partial charge in [-0.25, -0.2) is 0 Å². The number of fused-ring (bicyclic) bond motifs is 5. The monoisotopic (exact) mass is 454 g/mol. The van der Waals surface area contributed by atoms with Crippen molar-refractivity contribution < 1.29 is 1.37 Å². The van der Waals surface area contributed by atoms with E-state index in [1.54, 1.807) is 0 Å². The Morgan fingerprint density at radius 1 is 0.500 bits per heavy atom. The van der Waals surface area contributed by atoms with Crippen molar-refractivity contribution in [1.29, 1.82) is 0 Å². The maximum atomic E-state index is 8.78. The van der Waals surface area contributed by atoms with Crippen molar-refractivity contribution in [3.8, 4) is 11.1 Å². The van der Waals surface area contributed by atoms with Crippen LogP contribution in [0.4, 0.5) is 17.1 Å². The molecule has 2 heterocycles. The molecule has 0 N–H and O–H groups in total. The number of anilines is 3. The van der Waals surface area contributed by atoms with Crippen molar-refractivity contribution in [2.75, 3.05) is 4.90 Å². The van der Waals surface area contributed by atoms with Gasteiger partial charge in [0.25, 0.3) is 0 Å². The summed E-state index contributed by atoms with van der Waals surface area (Å²) >= 11 is 0. The second-order valence-corrected chi connectivity index (χ2v) is 10.0. The molecule has 0 aliphatic carbocycles. The Kier molecular flexibility index (Phi) is 3.25. The highest BCUT2D eigenvalue weighted by Crippen LogP contribution is 2.45. The first kappa shape index (κ1) is 17.8. The molecular formula is C34H20BN. The Hall–Kier alpha value is -4.56. The molecule has 0 radical (unpaired) electrons. The Bertz CT molecular complexity index is 2060. The average molecular weight is 454 g/mol. The van der Waals surface area contributed by atoms with Crippen LogP contribution < -0.4 is 21.3 Å². The molecule has 2 heteroatoms. The minimum atomic E-state index is 0.189. The third-order valence-corrected chi connectivity index (χ3v) is 8.34. The summed E-state index contributed by atoms with van der Waals surface area (Å²) in [5.41, 5.74) is 9.92. The molecule has 2 aliphatic rings. The van der Waals surface area contributed by atoms with Crippen LogP contribution in [-0.2, 0) is 0 Å². The van der Waals surface area contributed by atoms with Gasteiger partial charge < -0.3 is 4.90 Å². The second kappa shape index (κ2) is 6.56. The topological polar surface area (TPSA) is 3.24 Å². The molecular weight excluding hydrogens is 433 g/mol. The molecule has 0 aromatic heterocycles. The van der Waals surface area contributed by atoms with E-state index in [2.05, 4.69) is 114 Å². The van der Waals surface area contributed by atoms with E-state index >= 15 is 0 Å². The van der Waals surface area contributed by atoms with E-state index in [0.29, 0.717) is 6.04 Å². The van der Waals surface area contributed by atoms with Gasteiger partial charge in [-0.15, -0.1) is 0 Å². The molecule has 7 aromatic carbocycles. The summed E-state index contributed by atoms with van der Waals surface area (Å²) < 4.78 is 8.78. The zero-order valence-corrected chi connectivity index (χ0v) is 19.5. The highest BCUT2D eigenvalue weighted by atomic mass is 15.2. The van der Waals surface area contributed by atoms with Crippen LogP contribution in [0.1, 0.15) is 1.37 Å². The SMILES string of the molecule is [2H]c1cc2c3c(c1)N(c1ccc4ccc5cccc6ccc1c4c56)c1ccccc1B3c1ccccc1-2. The molecule has 2 aliphatic heterocycles. The van der Waals surface area contributed by atoms with Gasteiger partial charge >= 0.3 is 0 Å². The molecule has 0 spiro atoms. The van der Waals surface area contributed by atoms with Gasteiger partial charge in [-0.2, -0.15) is 0 Å². The summed E-state index contributed by atoms with van der Waals surface area (Å²) in [5, 5.41) is 7.70. The first-order valence-corrected chi connectivity index (χ1v) is 12.6. The second-order valence-electron chi connectivity index (χ2n) is 10.0. The predicted octanol–water partition coefficient (Wildman–Crippen LogP) is 6.86. The van der Waals surface area contributed by atoms with Gasteiger partial charge in [0.2, 0.25) is 6.71 Å². The van der Waals surface area contributed by atoms with E-state index in [9.17, 15) is 0 Å². The average Bonchev–Trinajstić information content (AvgIpc) is 3.27. The van der Waals surface area contributed by atoms with Gasteiger partial charge in [-0.1, -0.05) is 109 Å². The largest absolute Gasteiger partial charge is 0.311 e. The smallest absolute Gasteiger partial charge is 0.248 e. The van der Waals surface area contributed by atoms with Gasteiger partial charge in [0.1, 0.15) is 0 Å². The van der Waals surface area contributed by atoms with Crippen molar-refractivity contribution in [3.05, 3.63) is 121 Å². The number of hydrogen-bond acceptors (Lipinski definition) is 1. The molecule has 9 rings (SSSR count). The summed E-state index contributed by atoms with van der Waals surface area (Å²) in [6, 6.07) is 42.3. The highest BCUT2D eigenvalue weighted by molar-refractivity contribution is 7.01. The van der Waals surface area contributed by atoms with Crippen LogP contribution in [0.2, 0.25) is 0 Å². The van der Waals surface area contributed by atoms with Crippen LogP contribution >= 0.6 is 0 Å². The predicted molar refractivity (Wildman–Crippen MR) is 155 cm³/mol. The Balaban J connectivity index is 1.43. The van der Waals surface area contributed by atoms with Crippen LogP contribution in [0.25, 0.3) is 43.4 Å². The number of benzene rings is 7. The van der Waals surface area contributed by atoms with Crippen molar-refractivity contribution in [1.82, 2.24) is 0 Å². The third kappa shape index (κ3) is 2.18. The standard InChI is InChI=1S/C34H20BN/c1-2-11-27-24(9-1)25-10-6-14-31-34(25)35(27)28-12-3-4-13-30(28)36(31)29-20-18-23-16-15-21-7-5-8-22-17-19-26(29)33(23)32(21)22/h1-20H/i6D. The Labute approximate surface area is 211 Å². The number of nitrogens with zero attached hydrogens (tertiary/aromatic N) is 1. The summed E-state index contributed by atoms with van der Waals surface area (Å²) in [6.45, 7) is 0.189. The fourth-order valence-electron chi connectivity index (χ4n) is 6.92. The zero-order valence-electron chi connectivity index (χ0n) is 20.5. The van der Waals surface area contributed by atoms with Crippen molar-refractivity contribution in [2.24, 2.45) is 0 Å². The normalized spacial score (nSPS) is 13.8. The number of hydrogen-bond donors (Lipinski definition) is 0. The van der Waals surface area contributed by atoms with Crippen LogP contribution in [-0.4, -0.2) is 6.71 Å². The third-order valence-electron chi connectivity index (χ3n) is 8.34. The van der Waals surface area contributed by atoms with Crippen LogP contribution in [0.15, 0.2) is 121 Å². The number of rotatable bonds is 1. The lowest BCUT2D eigenvalue weighted by atomic mass is 9.37. The molecule has 0 atom stereocenters. The fourth-order valence-corrected chi connectivity index (χ4v) is 6.92. The molecule has 0 unspecified atom stereocenters. The van der Waals surface area contributed by atoms with E-state index in [4.69, 9.17) is 1.37 Å². The summed E-state index contributed by atoms with van der Waals surface area (Å²) in [6.07, 6.45) is 0. The van der Waals surface area contributed by atoms with Gasteiger partial charge in [0.05, 0.1) is 7.06 Å². The highest BCUT2D eigenvalue weighted by Gasteiger charge is 2.42. The quantitative estimate of drug-likeness (QED) is 0.193. The van der Waals surface area contributed by atoms with E-state index < -0.39 is 0 Å². The summed E-state index contributed by atoms with van der Waals surface area (Å²) in [5.74, 6) is 0. The first-order chi connectivity index (χ1) is 18.3. The van der Waals surface area contributed by atoms with Crippen LogP contribution in [0.5, 0.6) is 0 Å². The molecule has 1 nitrogen and oxygen atoms in total. The molecule has 36 heavy (non-hydrogen) atoms. The van der Waals surface area contributed by atoms with Crippen molar-refractivity contribution >= 4 is 72.5 Å². The van der Waals surface area contributed by atoms with Crippen molar-refractivity contribution in [2.45, 2.75) is 0 Å². The lowest BCUT2D eigenvalue weighted by molar-refractivity contribution is 1.31. The van der Waals surface area contributed by atoms with Crippen LogP contribution in [0.3, 0.4) is 0 Å².